The van der Waals surface area contributed by atoms with Gasteiger partial charge < -0.3 is 24.8 Å². The number of piperazine rings is 1. The first-order valence-corrected chi connectivity index (χ1v) is 10.6. The van der Waals surface area contributed by atoms with Crippen molar-refractivity contribution in [2.24, 2.45) is 12.0 Å². The lowest BCUT2D eigenvalue weighted by Gasteiger charge is -2.35. The van der Waals surface area contributed by atoms with Gasteiger partial charge in [-0.15, -0.1) is 24.0 Å². The lowest BCUT2D eigenvalue weighted by Crippen LogP contribution is -2.48. The monoisotopic (exact) mass is 540 g/mol. The minimum atomic E-state index is 0. The summed E-state index contributed by atoms with van der Waals surface area (Å²) < 4.78 is 7.79. The summed E-state index contributed by atoms with van der Waals surface area (Å²) in [4.78, 5) is 16.2. The van der Waals surface area contributed by atoms with Crippen LogP contribution in [0.4, 0.5) is 5.82 Å². The van der Waals surface area contributed by atoms with Gasteiger partial charge in [-0.05, 0) is 13.1 Å². The molecule has 1 N–H and O–H groups in total. The highest BCUT2D eigenvalue weighted by atomic mass is 127. The van der Waals surface area contributed by atoms with E-state index in [1.54, 1.807) is 0 Å². The summed E-state index contributed by atoms with van der Waals surface area (Å²) in [6.07, 6.45) is 5.78. The van der Waals surface area contributed by atoms with Crippen LogP contribution in [-0.4, -0.2) is 90.5 Å². The van der Waals surface area contributed by atoms with Gasteiger partial charge in [0, 0.05) is 76.9 Å². The number of hydrogen-bond acceptors (Lipinski definition) is 6. The predicted molar refractivity (Wildman–Crippen MR) is 133 cm³/mol. The molecule has 0 aliphatic carbocycles. The van der Waals surface area contributed by atoms with Crippen LogP contribution in [-0.2, 0) is 18.3 Å². The number of pyridine rings is 1. The third-order valence-electron chi connectivity index (χ3n) is 5.78. The topological polar surface area (TPSA) is 74.1 Å². The van der Waals surface area contributed by atoms with Crippen molar-refractivity contribution in [1.29, 1.82) is 0 Å². The molecule has 4 rings (SSSR count). The van der Waals surface area contributed by atoms with Gasteiger partial charge in [-0.25, -0.2) is 4.98 Å². The number of nitrogens with zero attached hydrogens (tertiary/aromatic N) is 7. The first kappa shape index (κ1) is 23.7. The number of nitrogens with one attached hydrogen (secondary N) is 1. The predicted octanol–water partition coefficient (Wildman–Crippen LogP) is 1.33. The van der Waals surface area contributed by atoms with Gasteiger partial charge in [-0.1, -0.05) is 6.07 Å². The average molecular weight is 540 g/mol. The molecule has 1 unspecified atom stereocenters. The summed E-state index contributed by atoms with van der Waals surface area (Å²) in [5, 5.41) is 7.82. The number of hydrogen-bond donors (Lipinski definition) is 1. The van der Waals surface area contributed by atoms with Crippen molar-refractivity contribution >= 4 is 35.8 Å². The molecule has 2 aromatic rings. The Bertz CT molecular complexity index is 865. The first-order valence-electron chi connectivity index (χ1n) is 10.6. The third-order valence-corrected chi connectivity index (χ3v) is 5.78. The Morgan fingerprint density at radius 2 is 2.03 bits per heavy atom. The van der Waals surface area contributed by atoms with E-state index in [1.807, 2.05) is 43.4 Å². The van der Waals surface area contributed by atoms with Gasteiger partial charge in [-0.2, -0.15) is 5.10 Å². The van der Waals surface area contributed by atoms with Crippen LogP contribution in [0.2, 0.25) is 0 Å². The fraction of sp³-hybridized carbons (Fsp3) is 0.571. The van der Waals surface area contributed by atoms with Gasteiger partial charge >= 0.3 is 0 Å². The lowest BCUT2D eigenvalue weighted by molar-refractivity contribution is -0.00805. The molecule has 31 heavy (non-hydrogen) atoms. The van der Waals surface area contributed by atoms with Crippen LogP contribution < -0.4 is 10.2 Å². The van der Waals surface area contributed by atoms with E-state index in [1.165, 1.54) is 5.56 Å². The van der Waals surface area contributed by atoms with Gasteiger partial charge in [0.15, 0.2) is 5.96 Å². The molecule has 2 fully saturated rings. The molecule has 0 radical (unpaired) electrons. The van der Waals surface area contributed by atoms with Gasteiger partial charge in [-0.3, -0.25) is 9.67 Å². The largest absolute Gasteiger partial charge is 0.370 e. The molecule has 10 heteroatoms. The third kappa shape index (κ3) is 5.86. The van der Waals surface area contributed by atoms with E-state index in [0.717, 1.165) is 56.6 Å². The second kappa shape index (κ2) is 11.1. The molecule has 0 bridgehead atoms. The fourth-order valence-corrected chi connectivity index (χ4v) is 4.03. The Morgan fingerprint density at radius 1 is 1.23 bits per heavy atom. The summed E-state index contributed by atoms with van der Waals surface area (Å²) in [7, 11) is 5.93. The number of halogens is 1. The second-order valence-corrected chi connectivity index (χ2v) is 7.93. The molecule has 2 aromatic heterocycles. The van der Waals surface area contributed by atoms with E-state index >= 15 is 0 Å². The first-order chi connectivity index (χ1) is 14.6. The molecule has 0 aromatic carbocycles. The van der Waals surface area contributed by atoms with E-state index < -0.39 is 0 Å². The van der Waals surface area contributed by atoms with E-state index in [-0.39, 0.29) is 30.1 Å². The highest BCUT2D eigenvalue weighted by Gasteiger charge is 2.25. The average Bonchev–Trinajstić information content (AvgIpc) is 3.22. The number of likely N-dealkylation sites (N-methyl/N-ethyl adjacent to an activating group) is 1. The van der Waals surface area contributed by atoms with Gasteiger partial charge in [0.1, 0.15) is 11.9 Å². The van der Waals surface area contributed by atoms with Crippen molar-refractivity contribution in [3.8, 4) is 0 Å². The Labute approximate surface area is 201 Å². The van der Waals surface area contributed by atoms with Gasteiger partial charge in [0.2, 0.25) is 0 Å². The molecule has 1 atom stereocenters. The summed E-state index contributed by atoms with van der Waals surface area (Å²) in [6, 6.07) is 4.16. The number of guanidine groups is 1. The highest BCUT2D eigenvalue weighted by molar-refractivity contribution is 14.0. The molecular formula is C21H33IN8O. The SMILES string of the molecule is CN=C(NCc1cccnc1N1CCN(C)CC1)N1CCOC(c2cnn(C)c2)C1.I. The van der Waals surface area contributed by atoms with Crippen LogP contribution in [0.3, 0.4) is 0 Å². The molecule has 0 spiro atoms. The van der Waals surface area contributed by atoms with Crippen molar-refractivity contribution in [2.45, 2.75) is 12.6 Å². The molecular weight excluding hydrogens is 507 g/mol. The fourth-order valence-electron chi connectivity index (χ4n) is 4.03. The van der Waals surface area contributed by atoms with Crippen LogP contribution in [0.5, 0.6) is 0 Å². The highest BCUT2D eigenvalue weighted by Crippen LogP contribution is 2.22. The Balaban J connectivity index is 0.00000272. The van der Waals surface area contributed by atoms with Crippen LogP contribution >= 0.6 is 24.0 Å². The number of morpholine rings is 1. The number of rotatable bonds is 4. The minimum absolute atomic E-state index is 0. The normalized spacial score (nSPS) is 20.5. The van der Waals surface area contributed by atoms with E-state index in [4.69, 9.17) is 4.74 Å². The van der Waals surface area contributed by atoms with Crippen LogP contribution in [0.1, 0.15) is 17.2 Å². The van der Waals surface area contributed by atoms with Crippen molar-refractivity contribution < 1.29 is 4.74 Å². The zero-order chi connectivity index (χ0) is 20.9. The van der Waals surface area contributed by atoms with Crippen LogP contribution in [0, 0.1) is 0 Å². The van der Waals surface area contributed by atoms with Crippen molar-refractivity contribution in [2.75, 3.05) is 64.9 Å². The van der Waals surface area contributed by atoms with Crippen molar-refractivity contribution in [1.82, 2.24) is 29.9 Å². The molecule has 4 heterocycles. The maximum atomic E-state index is 5.97. The zero-order valence-electron chi connectivity index (χ0n) is 18.6. The van der Waals surface area contributed by atoms with Crippen LogP contribution in [0.15, 0.2) is 35.7 Å². The van der Waals surface area contributed by atoms with Gasteiger partial charge in [0.25, 0.3) is 0 Å². The Kier molecular flexibility index (Phi) is 8.50. The molecule has 0 saturated carbocycles. The molecule has 2 saturated heterocycles. The standard InChI is InChI=1S/C21H32N8O.HI/c1-22-21(29-11-12-30-19(16-29)18-14-25-27(3)15-18)24-13-17-5-4-6-23-20(17)28-9-7-26(2)8-10-28;/h4-6,14-15,19H,7-13,16H2,1-3H3,(H,22,24);1H. The number of ether oxygens (including phenoxy) is 1. The van der Waals surface area contributed by atoms with Crippen molar-refractivity contribution in [3.63, 3.8) is 0 Å². The summed E-state index contributed by atoms with van der Waals surface area (Å²) in [5.74, 6) is 1.96. The van der Waals surface area contributed by atoms with E-state index in [0.29, 0.717) is 13.2 Å². The molecule has 0 amide bonds. The molecule has 2 aliphatic rings. The number of aromatic nitrogens is 3. The minimum Gasteiger partial charge on any atom is -0.370 e. The Hall–Kier alpha value is -1.92. The molecule has 170 valence electrons. The molecule has 2 aliphatic heterocycles. The number of aliphatic imine (C=N–C) groups is 1. The maximum Gasteiger partial charge on any atom is 0.194 e. The number of anilines is 1. The quantitative estimate of drug-likeness (QED) is 0.357. The second-order valence-electron chi connectivity index (χ2n) is 7.93. The maximum absolute atomic E-state index is 5.97. The Morgan fingerprint density at radius 3 is 2.74 bits per heavy atom. The number of aryl methyl sites for hydroxylation is 1. The summed E-state index contributed by atoms with van der Waals surface area (Å²) in [5.41, 5.74) is 2.29. The van der Waals surface area contributed by atoms with Crippen LogP contribution in [0.25, 0.3) is 0 Å². The van der Waals surface area contributed by atoms with Gasteiger partial charge in [0.05, 0.1) is 19.3 Å². The van der Waals surface area contributed by atoms with Crippen molar-refractivity contribution in [3.05, 3.63) is 41.9 Å². The summed E-state index contributed by atoms with van der Waals surface area (Å²) >= 11 is 0. The smallest absolute Gasteiger partial charge is 0.194 e. The summed E-state index contributed by atoms with van der Waals surface area (Å²) in [6.45, 7) is 7.07. The zero-order valence-corrected chi connectivity index (χ0v) is 20.9. The molecule has 9 nitrogen and oxygen atoms in total. The lowest BCUT2D eigenvalue weighted by atomic mass is 10.1. The van der Waals surface area contributed by atoms with E-state index in [2.05, 4.69) is 48.2 Å². The van der Waals surface area contributed by atoms with E-state index in [9.17, 15) is 0 Å².